The van der Waals surface area contributed by atoms with E-state index in [0.717, 1.165) is 31.4 Å². The molecule has 1 aromatic carbocycles. The van der Waals surface area contributed by atoms with Crippen molar-refractivity contribution in [3.63, 3.8) is 0 Å². The van der Waals surface area contributed by atoms with Crippen LogP contribution >= 0.6 is 11.3 Å². The smallest absolute Gasteiger partial charge is 0.277 e. The van der Waals surface area contributed by atoms with Gasteiger partial charge in [-0.25, -0.2) is 4.98 Å². The number of piperidine rings is 1. The normalized spacial score (nSPS) is 22.9. The van der Waals surface area contributed by atoms with E-state index in [1.165, 1.54) is 53.4 Å². The second-order valence-corrected chi connectivity index (χ2v) is 8.60. The van der Waals surface area contributed by atoms with Crippen LogP contribution in [0.1, 0.15) is 49.5 Å². The summed E-state index contributed by atoms with van der Waals surface area (Å²) in [4.78, 5) is 21.2. The second-order valence-electron chi connectivity index (χ2n) is 7.54. The molecule has 3 heterocycles. The lowest BCUT2D eigenvalue weighted by atomic mass is 9.98. The van der Waals surface area contributed by atoms with Crippen LogP contribution in [-0.4, -0.2) is 48.5 Å². The number of hydrogen-bond donors (Lipinski definition) is 1. The summed E-state index contributed by atoms with van der Waals surface area (Å²) < 4.78 is 1.26. The zero-order valence-electron chi connectivity index (χ0n) is 14.9. The Morgan fingerprint density at radius 3 is 2.76 bits per heavy atom. The minimum Gasteiger partial charge on any atom is -0.337 e. The summed E-state index contributed by atoms with van der Waals surface area (Å²) in [5.74, 6) is 0.761. The highest BCUT2D eigenvalue weighted by atomic mass is 32.1. The largest absolute Gasteiger partial charge is 0.337 e. The van der Waals surface area contributed by atoms with Crippen LogP contribution in [-0.2, 0) is 4.79 Å². The fourth-order valence-electron chi connectivity index (χ4n) is 4.20. The van der Waals surface area contributed by atoms with Gasteiger partial charge in [-0.1, -0.05) is 12.1 Å². The molecule has 1 N–H and O–H groups in total. The van der Waals surface area contributed by atoms with E-state index in [2.05, 4.69) is 23.1 Å². The standard InChI is InChI=1S/C20H27N3OS/c24-19(15-22-11-5-1-2-6-12-22)23-13-7-8-16(14-23)20-21-17-9-3-4-10-18(17)25-20/h3-4,9-10,16H,1-2,5-8,11-15H2/p+1/t16-/m1/s1. The van der Waals surface area contributed by atoms with E-state index in [4.69, 9.17) is 4.98 Å². The Bertz CT molecular complexity index is 688. The van der Waals surface area contributed by atoms with Crippen molar-refractivity contribution in [2.24, 2.45) is 0 Å². The van der Waals surface area contributed by atoms with Gasteiger partial charge in [0.2, 0.25) is 0 Å². The van der Waals surface area contributed by atoms with Crippen molar-refractivity contribution >= 4 is 27.5 Å². The van der Waals surface area contributed by atoms with Crippen LogP contribution in [0.4, 0.5) is 0 Å². The zero-order valence-corrected chi connectivity index (χ0v) is 15.7. The first kappa shape index (κ1) is 17.0. The fraction of sp³-hybridized carbons (Fsp3) is 0.600. The molecule has 2 aliphatic rings. The molecule has 0 saturated carbocycles. The van der Waals surface area contributed by atoms with E-state index in [9.17, 15) is 4.79 Å². The predicted molar refractivity (Wildman–Crippen MR) is 102 cm³/mol. The van der Waals surface area contributed by atoms with Crippen LogP contribution in [0.5, 0.6) is 0 Å². The first-order valence-corrected chi connectivity index (χ1v) is 10.6. The van der Waals surface area contributed by atoms with Gasteiger partial charge in [-0.3, -0.25) is 4.79 Å². The van der Waals surface area contributed by atoms with Crippen LogP contribution in [0, 0.1) is 0 Å². The highest BCUT2D eigenvalue weighted by Crippen LogP contribution is 2.32. The Morgan fingerprint density at radius 2 is 1.96 bits per heavy atom. The molecule has 134 valence electrons. The monoisotopic (exact) mass is 358 g/mol. The van der Waals surface area contributed by atoms with Crippen LogP contribution < -0.4 is 4.90 Å². The number of carbonyl (C=O) groups excluding carboxylic acids is 1. The summed E-state index contributed by atoms with van der Waals surface area (Å²) in [5, 5.41) is 1.21. The van der Waals surface area contributed by atoms with Gasteiger partial charge in [0.15, 0.2) is 6.54 Å². The Hall–Kier alpha value is -1.46. The first-order chi connectivity index (χ1) is 12.3. The molecule has 4 rings (SSSR count). The van der Waals surface area contributed by atoms with Gasteiger partial charge in [0.1, 0.15) is 0 Å². The van der Waals surface area contributed by atoms with Crippen molar-refractivity contribution in [3.8, 4) is 0 Å². The molecule has 1 amide bonds. The lowest BCUT2D eigenvalue weighted by molar-refractivity contribution is -0.891. The number of rotatable bonds is 3. The maximum atomic E-state index is 12.8. The van der Waals surface area contributed by atoms with Crippen molar-refractivity contribution in [1.29, 1.82) is 0 Å². The van der Waals surface area contributed by atoms with E-state index in [0.29, 0.717) is 18.4 Å². The average molecular weight is 359 g/mol. The molecule has 0 spiro atoms. The molecule has 1 atom stereocenters. The van der Waals surface area contributed by atoms with Crippen molar-refractivity contribution < 1.29 is 9.69 Å². The number of hydrogen-bond acceptors (Lipinski definition) is 3. The molecule has 2 saturated heterocycles. The number of carbonyl (C=O) groups is 1. The average Bonchev–Trinajstić information content (AvgIpc) is 2.92. The van der Waals surface area contributed by atoms with Gasteiger partial charge in [-0.2, -0.15) is 0 Å². The molecule has 2 aromatic rings. The Morgan fingerprint density at radius 1 is 1.16 bits per heavy atom. The molecular weight excluding hydrogens is 330 g/mol. The van der Waals surface area contributed by atoms with Gasteiger partial charge in [0.25, 0.3) is 5.91 Å². The van der Waals surface area contributed by atoms with E-state index in [-0.39, 0.29) is 0 Å². The molecule has 4 nitrogen and oxygen atoms in total. The van der Waals surface area contributed by atoms with Crippen LogP contribution in [0.15, 0.2) is 24.3 Å². The highest BCUT2D eigenvalue weighted by Gasteiger charge is 2.29. The molecule has 0 bridgehead atoms. The van der Waals surface area contributed by atoms with Gasteiger partial charge in [-0.15, -0.1) is 11.3 Å². The molecule has 0 unspecified atom stereocenters. The quantitative estimate of drug-likeness (QED) is 0.915. The van der Waals surface area contributed by atoms with E-state index in [1.54, 1.807) is 11.3 Å². The van der Waals surface area contributed by atoms with Gasteiger partial charge in [-0.05, 0) is 50.7 Å². The topological polar surface area (TPSA) is 37.6 Å². The minimum atomic E-state index is 0.350. The summed E-state index contributed by atoms with van der Waals surface area (Å²) in [7, 11) is 0. The third-order valence-electron chi connectivity index (χ3n) is 5.65. The van der Waals surface area contributed by atoms with Gasteiger partial charge >= 0.3 is 0 Å². The number of likely N-dealkylation sites (tertiary alicyclic amines) is 2. The first-order valence-electron chi connectivity index (χ1n) is 9.76. The lowest BCUT2D eigenvalue weighted by Crippen LogP contribution is -3.13. The van der Waals surface area contributed by atoms with Crippen molar-refractivity contribution in [2.45, 2.75) is 44.4 Å². The summed E-state index contributed by atoms with van der Waals surface area (Å²) in [5.41, 5.74) is 1.10. The minimum absolute atomic E-state index is 0.350. The molecule has 0 radical (unpaired) electrons. The van der Waals surface area contributed by atoms with Crippen molar-refractivity contribution in [3.05, 3.63) is 29.3 Å². The van der Waals surface area contributed by atoms with E-state index < -0.39 is 0 Å². The molecular formula is C20H28N3OS+. The molecule has 2 fully saturated rings. The van der Waals surface area contributed by atoms with E-state index >= 15 is 0 Å². The lowest BCUT2D eigenvalue weighted by Gasteiger charge is -2.32. The predicted octanol–water partition coefficient (Wildman–Crippen LogP) is 2.46. The Labute approximate surface area is 153 Å². The zero-order chi connectivity index (χ0) is 17.1. The van der Waals surface area contributed by atoms with Gasteiger partial charge in [0, 0.05) is 19.0 Å². The number of fused-ring (bicyclic) bond motifs is 1. The number of para-hydroxylation sites is 1. The molecule has 5 heteroatoms. The third-order valence-corrected chi connectivity index (χ3v) is 6.84. The number of nitrogens with zero attached hydrogens (tertiary/aromatic N) is 2. The maximum absolute atomic E-state index is 12.8. The Kier molecular flexibility index (Phi) is 5.32. The van der Waals surface area contributed by atoms with Crippen LogP contribution in [0.3, 0.4) is 0 Å². The third kappa shape index (κ3) is 4.04. The maximum Gasteiger partial charge on any atom is 0.277 e. The summed E-state index contributed by atoms with van der Waals surface area (Å²) in [6, 6.07) is 8.35. The summed E-state index contributed by atoms with van der Waals surface area (Å²) in [6.07, 6.45) is 7.47. The summed E-state index contributed by atoms with van der Waals surface area (Å²) >= 11 is 1.80. The fourth-order valence-corrected chi connectivity index (χ4v) is 5.29. The molecule has 2 aliphatic heterocycles. The van der Waals surface area contributed by atoms with Crippen molar-refractivity contribution in [1.82, 2.24) is 9.88 Å². The number of thiazole rings is 1. The number of amides is 1. The Balaban J connectivity index is 1.40. The molecule has 1 aromatic heterocycles. The molecule has 25 heavy (non-hydrogen) atoms. The number of benzene rings is 1. The second kappa shape index (κ2) is 7.83. The van der Waals surface area contributed by atoms with Crippen LogP contribution in [0.25, 0.3) is 10.2 Å². The molecule has 0 aliphatic carbocycles. The number of quaternary nitrogens is 1. The van der Waals surface area contributed by atoms with E-state index in [1.807, 2.05) is 6.07 Å². The van der Waals surface area contributed by atoms with Gasteiger partial charge < -0.3 is 9.80 Å². The number of nitrogens with one attached hydrogen (secondary N) is 1. The summed E-state index contributed by atoms with van der Waals surface area (Å²) in [6.45, 7) is 4.80. The highest BCUT2D eigenvalue weighted by molar-refractivity contribution is 7.18. The number of aromatic nitrogens is 1. The SMILES string of the molecule is O=C(C[NH+]1CCCCCC1)N1CCC[C@@H](c2nc3ccccc3s2)C1. The van der Waals surface area contributed by atoms with Gasteiger partial charge in [0.05, 0.1) is 28.3 Å². The van der Waals surface area contributed by atoms with Crippen molar-refractivity contribution in [2.75, 3.05) is 32.7 Å². The van der Waals surface area contributed by atoms with Crippen LogP contribution in [0.2, 0.25) is 0 Å².